The SMILES string of the molecule is CCS(=O)(CC)=NCCC(CCC(=O)O)C(=O)O. The van der Waals surface area contributed by atoms with E-state index in [1.807, 2.05) is 0 Å². The summed E-state index contributed by atoms with van der Waals surface area (Å²) < 4.78 is 16.0. The van der Waals surface area contributed by atoms with Crippen LogP contribution in [-0.4, -0.2) is 44.4 Å². The van der Waals surface area contributed by atoms with Gasteiger partial charge >= 0.3 is 11.9 Å². The zero-order chi connectivity index (χ0) is 14.2. The minimum absolute atomic E-state index is 0.0830. The van der Waals surface area contributed by atoms with Crippen molar-refractivity contribution >= 4 is 21.7 Å². The summed E-state index contributed by atoms with van der Waals surface area (Å²) >= 11 is 0. The molecule has 0 amide bonds. The van der Waals surface area contributed by atoms with Gasteiger partial charge < -0.3 is 10.2 Å². The van der Waals surface area contributed by atoms with Crippen molar-refractivity contribution in [2.75, 3.05) is 18.1 Å². The van der Waals surface area contributed by atoms with Gasteiger partial charge in [-0.1, -0.05) is 13.8 Å². The number of nitrogens with zero attached hydrogens (tertiary/aromatic N) is 1. The van der Waals surface area contributed by atoms with Crippen LogP contribution in [0.5, 0.6) is 0 Å². The zero-order valence-electron chi connectivity index (χ0n) is 10.8. The summed E-state index contributed by atoms with van der Waals surface area (Å²) in [5.74, 6) is -1.86. The van der Waals surface area contributed by atoms with E-state index in [1.54, 1.807) is 13.8 Å². The fourth-order valence-electron chi connectivity index (χ4n) is 1.45. The van der Waals surface area contributed by atoms with Crippen molar-refractivity contribution < 1.29 is 24.0 Å². The van der Waals surface area contributed by atoms with Crippen molar-refractivity contribution in [2.45, 2.75) is 33.1 Å². The van der Waals surface area contributed by atoms with E-state index in [-0.39, 0.29) is 25.8 Å². The van der Waals surface area contributed by atoms with Crippen LogP contribution in [0.2, 0.25) is 0 Å². The Morgan fingerprint density at radius 1 is 1.17 bits per heavy atom. The molecule has 0 aromatic heterocycles. The Labute approximate surface area is 108 Å². The minimum Gasteiger partial charge on any atom is -0.481 e. The number of carboxylic acids is 2. The molecule has 1 atom stereocenters. The Morgan fingerprint density at radius 3 is 2.11 bits per heavy atom. The van der Waals surface area contributed by atoms with Crippen LogP contribution in [0.25, 0.3) is 0 Å². The summed E-state index contributed by atoms with van der Waals surface area (Å²) in [5.41, 5.74) is 0. The molecule has 0 rings (SSSR count). The first-order valence-electron chi connectivity index (χ1n) is 5.97. The molecule has 106 valence electrons. The molecule has 0 aliphatic rings. The predicted octanol–water partition coefficient (Wildman–Crippen LogP) is 1.45. The van der Waals surface area contributed by atoms with Gasteiger partial charge in [-0.3, -0.25) is 9.59 Å². The lowest BCUT2D eigenvalue weighted by molar-refractivity contribution is -0.143. The molecule has 18 heavy (non-hydrogen) atoms. The van der Waals surface area contributed by atoms with E-state index in [0.29, 0.717) is 11.5 Å². The van der Waals surface area contributed by atoms with Crippen LogP contribution >= 0.6 is 0 Å². The first-order valence-corrected chi connectivity index (χ1v) is 7.82. The van der Waals surface area contributed by atoms with Crippen molar-refractivity contribution in [1.82, 2.24) is 0 Å². The van der Waals surface area contributed by atoms with E-state index >= 15 is 0 Å². The highest BCUT2D eigenvalue weighted by Gasteiger charge is 2.18. The number of hydrogen-bond acceptors (Lipinski definition) is 4. The van der Waals surface area contributed by atoms with Gasteiger partial charge in [0.2, 0.25) is 0 Å². The smallest absolute Gasteiger partial charge is 0.306 e. The van der Waals surface area contributed by atoms with Gasteiger partial charge in [-0.2, -0.15) is 0 Å². The summed E-state index contributed by atoms with van der Waals surface area (Å²) in [6.45, 7) is 3.78. The maximum absolute atomic E-state index is 11.9. The first-order chi connectivity index (χ1) is 8.34. The van der Waals surface area contributed by atoms with E-state index in [0.717, 1.165) is 0 Å². The van der Waals surface area contributed by atoms with Crippen LogP contribution in [-0.2, 0) is 19.3 Å². The van der Waals surface area contributed by atoms with Crippen LogP contribution < -0.4 is 0 Å². The number of carboxylic acid groups (broad SMARTS) is 2. The molecule has 1 unspecified atom stereocenters. The van der Waals surface area contributed by atoms with Crippen LogP contribution in [0, 0.1) is 5.92 Å². The fraction of sp³-hybridized carbons (Fsp3) is 0.818. The van der Waals surface area contributed by atoms with E-state index in [4.69, 9.17) is 10.2 Å². The van der Waals surface area contributed by atoms with Crippen molar-refractivity contribution in [2.24, 2.45) is 10.3 Å². The Balaban J connectivity index is 4.41. The Morgan fingerprint density at radius 2 is 1.72 bits per heavy atom. The van der Waals surface area contributed by atoms with Crippen molar-refractivity contribution in [1.29, 1.82) is 0 Å². The second-order valence-corrected chi connectivity index (χ2v) is 6.92. The quantitative estimate of drug-likeness (QED) is 0.664. The normalized spacial score (nSPS) is 13.0. The average molecular weight is 279 g/mol. The molecule has 0 aliphatic heterocycles. The van der Waals surface area contributed by atoms with Crippen LogP contribution in [0.1, 0.15) is 33.1 Å². The van der Waals surface area contributed by atoms with Crippen molar-refractivity contribution in [3.63, 3.8) is 0 Å². The number of rotatable bonds is 9. The largest absolute Gasteiger partial charge is 0.481 e. The highest BCUT2D eigenvalue weighted by molar-refractivity contribution is 7.93. The Kier molecular flexibility index (Phi) is 7.58. The standard InChI is InChI=1S/C11H21NO5S/c1-3-18(17,4-2)12-8-7-9(11(15)16)5-6-10(13)14/h9H,3-8H2,1-2H3,(H,13,14)(H,15,16). The summed E-state index contributed by atoms with van der Waals surface area (Å²) in [6.07, 6.45) is 0.146. The van der Waals surface area contributed by atoms with Crippen molar-refractivity contribution in [3.8, 4) is 0 Å². The third-order valence-electron chi connectivity index (χ3n) is 2.76. The van der Waals surface area contributed by atoms with E-state index in [2.05, 4.69) is 4.36 Å². The van der Waals surface area contributed by atoms with Crippen molar-refractivity contribution in [3.05, 3.63) is 0 Å². The summed E-state index contributed by atoms with van der Waals surface area (Å²) in [5, 5.41) is 17.4. The van der Waals surface area contributed by atoms with Gasteiger partial charge in [0.05, 0.1) is 5.92 Å². The molecule has 0 radical (unpaired) electrons. The van der Waals surface area contributed by atoms with E-state index in [9.17, 15) is 13.8 Å². The Bertz CT molecular complexity index is 388. The molecule has 0 aromatic rings. The summed E-state index contributed by atoms with van der Waals surface area (Å²) in [6, 6.07) is 0. The number of carbonyl (C=O) groups is 2. The van der Waals surface area contributed by atoms with Gasteiger partial charge in [-0.05, 0) is 12.8 Å². The Hall–Kier alpha value is -1.11. The summed E-state index contributed by atoms with van der Waals surface area (Å²) in [4.78, 5) is 21.3. The van der Waals surface area contributed by atoms with Crippen LogP contribution in [0.15, 0.2) is 4.36 Å². The zero-order valence-corrected chi connectivity index (χ0v) is 11.6. The second kappa shape index (κ2) is 8.07. The molecule has 0 saturated heterocycles. The third-order valence-corrected chi connectivity index (χ3v) is 5.22. The lowest BCUT2D eigenvalue weighted by Crippen LogP contribution is -2.17. The van der Waals surface area contributed by atoms with Crippen LogP contribution in [0.4, 0.5) is 0 Å². The van der Waals surface area contributed by atoms with Gasteiger partial charge in [0.15, 0.2) is 0 Å². The molecular weight excluding hydrogens is 258 g/mol. The summed E-state index contributed by atoms with van der Waals surface area (Å²) in [7, 11) is -2.20. The minimum atomic E-state index is -2.20. The lowest BCUT2D eigenvalue weighted by Gasteiger charge is -2.10. The van der Waals surface area contributed by atoms with Gasteiger partial charge in [-0.15, -0.1) is 0 Å². The number of hydrogen-bond donors (Lipinski definition) is 2. The molecule has 0 aliphatic carbocycles. The average Bonchev–Trinajstić information content (AvgIpc) is 2.32. The van der Waals surface area contributed by atoms with Gasteiger partial charge in [0.25, 0.3) is 0 Å². The molecule has 7 heteroatoms. The van der Waals surface area contributed by atoms with Gasteiger partial charge in [-0.25, -0.2) is 8.57 Å². The van der Waals surface area contributed by atoms with E-state index in [1.165, 1.54) is 0 Å². The lowest BCUT2D eigenvalue weighted by atomic mass is 10.00. The molecule has 0 spiro atoms. The highest BCUT2D eigenvalue weighted by Crippen LogP contribution is 2.12. The van der Waals surface area contributed by atoms with Crippen LogP contribution in [0.3, 0.4) is 0 Å². The monoisotopic (exact) mass is 279 g/mol. The highest BCUT2D eigenvalue weighted by atomic mass is 32.2. The molecular formula is C11H21NO5S. The van der Waals surface area contributed by atoms with E-state index < -0.39 is 27.6 Å². The molecule has 0 bridgehead atoms. The molecule has 2 N–H and O–H groups in total. The fourth-order valence-corrected chi connectivity index (χ4v) is 2.66. The maximum atomic E-state index is 11.9. The molecule has 0 heterocycles. The maximum Gasteiger partial charge on any atom is 0.306 e. The predicted molar refractivity (Wildman–Crippen MR) is 69.1 cm³/mol. The first kappa shape index (κ1) is 16.9. The third kappa shape index (κ3) is 6.58. The molecule has 0 fully saturated rings. The topological polar surface area (TPSA) is 104 Å². The molecule has 0 aromatic carbocycles. The molecule has 6 nitrogen and oxygen atoms in total. The van der Waals surface area contributed by atoms with Gasteiger partial charge in [0.1, 0.15) is 0 Å². The van der Waals surface area contributed by atoms with Gasteiger partial charge in [0, 0.05) is 34.2 Å². The number of aliphatic carboxylic acids is 2. The second-order valence-electron chi connectivity index (χ2n) is 3.96. The molecule has 0 saturated carbocycles.